The van der Waals surface area contributed by atoms with Crippen molar-refractivity contribution in [2.45, 2.75) is 26.3 Å². The van der Waals surface area contributed by atoms with Crippen LogP contribution in [0.5, 0.6) is 5.75 Å². The van der Waals surface area contributed by atoms with Crippen LogP contribution >= 0.6 is 0 Å². The topological polar surface area (TPSA) is 49.9 Å². The van der Waals surface area contributed by atoms with Gasteiger partial charge in [0.25, 0.3) is 5.91 Å². The highest BCUT2D eigenvalue weighted by Crippen LogP contribution is 2.31. The summed E-state index contributed by atoms with van der Waals surface area (Å²) in [5.74, 6) is 0.554. The van der Waals surface area contributed by atoms with Crippen LogP contribution in [0.2, 0.25) is 0 Å². The van der Waals surface area contributed by atoms with E-state index in [2.05, 4.69) is 0 Å². The lowest BCUT2D eigenvalue weighted by Gasteiger charge is -2.31. The van der Waals surface area contributed by atoms with Crippen LogP contribution < -0.4 is 14.5 Å². The molecule has 5 heteroatoms. The SMILES string of the molecule is CC(C)N(C(=O)CCN1C(=O)COc2ccccc21)c1ccccc1. The maximum absolute atomic E-state index is 12.8. The average molecular weight is 338 g/mol. The zero-order chi connectivity index (χ0) is 17.8. The Hall–Kier alpha value is -2.82. The van der Waals surface area contributed by atoms with Crippen molar-refractivity contribution in [3.05, 3.63) is 54.6 Å². The molecule has 1 heterocycles. The molecular formula is C20H22N2O3. The van der Waals surface area contributed by atoms with E-state index in [0.717, 1.165) is 11.4 Å². The molecule has 0 aromatic heterocycles. The Kier molecular flexibility index (Phi) is 5.03. The number of amides is 2. The smallest absolute Gasteiger partial charge is 0.265 e. The lowest BCUT2D eigenvalue weighted by molar-refractivity contribution is -0.121. The number of hydrogen-bond acceptors (Lipinski definition) is 3. The Morgan fingerprint density at radius 3 is 2.52 bits per heavy atom. The summed E-state index contributed by atoms with van der Waals surface area (Å²) in [6.07, 6.45) is 0.257. The summed E-state index contributed by atoms with van der Waals surface area (Å²) in [6.45, 7) is 4.33. The van der Waals surface area contributed by atoms with E-state index < -0.39 is 0 Å². The summed E-state index contributed by atoms with van der Waals surface area (Å²) < 4.78 is 5.44. The van der Waals surface area contributed by atoms with Gasteiger partial charge < -0.3 is 14.5 Å². The monoisotopic (exact) mass is 338 g/mol. The first-order valence-electron chi connectivity index (χ1n) is 8.47. The molecule has 0 fully saturated rings. The second-order valence-electron chi connectivity index (χ2n) is 6.24. The lowest BCUT2D eigenvalue weighted by Crippen LogP contribution is -2.43. The molecule has 0 bridgehead atoms. The van der Waals surface area contributed by atoms with E-state index in [1.54, 1.807) is 9.80 Å². The molecule has 2 aromatic carbocycles. The minimum atomic E-state index is -0.123. The number of rotatable bonds is 5. The van der Waals surface area contributed by atoms with E-state index in [9.17, 15) is 9.59 Å². The predicted octanol–water partition coefficient (Wildman–Crippen LogP) is 3.24. The molecule has 130 valence electrons. The molecule has 2 aromatic rings. The van der Waals surface area contributed by atoms with Gasteiger partial charge in [0, 0.05) is 24.7 Å². The summed E-state index contributed by atoms with van der Waals surface area (Å²) in [6, 6.07) is 17.1. The second-order valence-corrected chi connectivity index (χ2v) is 6.24. The quantitative estimate of drug-likeness (QED) is 0.841. The van der Waals surface area contributed by atoms with Gasteiger partial charge in [-0.05, 0) is 38.1 Å². The van der Waals surface area contributed by atoms with Crippen molar-refractivity contribution in [2.75, 3.05) is 23.0 Å². The molecule has 0 radical (unpaired) electrons. The fourth-order valence-corrected chi connectivity index (χ4v) is 3.05. The van der Waals surface area contributed by atoms with Gasteiger partial charge in [-0.1, -0.05) is 30.3 Å². The number of nitrogens with zero attached hydrogens (tertiary/aromatic N) is 2. The minimum Gasteiger partial charge on any atom is -0.482 e. The van der Waals surface area contributed by atoms with E-state index in [1.165, 1.54) is 0 Å². The highest BCUT2D eigenvalue weighted by atomic mass is 16.5. The van der Waals surface area contributed by atoms with Gasteiger partial charge in [0.2, 0.25) is 5.91 Å². The largest absolute Gasteiger partial charge is 0.482 e. The molecule has 0 saturated heterocycles. The zero-order valence-electron chi connectivity index (χ0n) is 14.5. The van der Waals surface area contributed by atoms with Gasteiger partial charge in [0.05, 0.1) is 5.69 Å². The Bertz CT molecular complexity index is 759. The van der Waals surface area contributed by atoms with Crippen LogP contribution in [-0.2, 0) is 9.59 Å². The van der Waals surface area contributed by atoms with Crippen molar-refractivity contribution in [1.29, 1.82) is 0 Å². The van der Waals surface area contributed by atoms with Crippen molar-refractivity contribution < 1.29 is 14.3 Å². The fraction of sp³-hybridized carbons (Fsp3) is 0.300. The number of carbonyl (C=O) groups excluding carboxylic acids is 2. The highest BCUT2D eigenvalue weighted by Gasteiger charge is 2.27. The Balaban J connectivity index is 1.74. The molecular weight excluding hydrogens is 316 g/mol. The van der Waals surface area contributed by atoms with Crippen molar-refractivity contribution in [3.8, 4) is 5.75 Å². The van der Waals surface area contributed by atoms with E-state index in [1.807, 2.05) is 68.4 Å². The summed E-state index contributed by atoms with van der Waals surface area (Å²) in [5, 5.41) is 0. The molecule has 0 atom stereocenters. The average Bonchev–Trinajstić information content (AvgIpc) is 2.61. The minimum absolute atomic E-state index is 0.00188. The third-order valence-corrected chi connectivity index (χ3v) is 4.18. The Morgan fingerprint density at radius 2 is 1.80 bits per heavy atom. The summed E-state index contributed by atoms with van der Waals surface area (Å²) >= 11 is 0. The van der Waals surface area contributed by atoms with Gasteiger partial charge in [0.15, 0.2) is 6.61 Å². The van der Waals surface area contributed by atoms with Gasteiger partial charge in [-0.15, -0.1) is 0 Å². The number of benzene rings is 2. The molecule has 1 aliphatic rings. The Labute approximate surface area is 147 Å². The first-order valence-corrected chi connectivity index (χ1v) is 8.47. The molecule has 3 rings (SSSR count). The van der Waals surface area contributed by atoms with Crippen LogP contribution in [0, 0.1) is 0 Å². The van der Waals surface area contributed by atoms with Gasteiger partial charge >= 0.3 is 0 Å². The lowest BCUT2D eigenvalue weighted by atomic mass is 10.2. The number of para-hydroxylation sites is 3. The van der Waals surface area contributed by atoms with Crippen molar-refractivity contribution in [2.24, 2.45) is 0 Å². The third-order valence-electron chi connectivity index (χ3n) is 4.18. The number of hydrogen-bond donors (Lipinski definition) is 0. The highest BCUT2D eigenvalue weighted by molar-refractivity contribution is 5.99. The van der Waals surface area contributed by atoms with E-state index in [-0.39, 0.29) is 30.9 Å². The van der Waals surface area contributed by atoms with Crippen LogP contribution in [0.25, 0.3) is 0 Å². The van der Waals surface area contributed by atoms with Gasteiger partial charge in [-0.3, -0.25) is 9.59 Å². The van der Waals surface area contributed by atoms with Crippen LogP contribution in [-0.4, -0.2) is 31.0 Å². The van der Waals surface area contributed by atoms with Crippen molar-refractivity contribution in [1.82, 2.24) is 0 Å². The molecule has 5 nitrogen and oxygen atoms in total. The van der Waals surface area contributed by atoms with Crippen LogP contribution in [0.1, 0.15) is 20.3 Å². The molecule has 0 N–H and O–H groups in total. The standard InChI is InChI=1S/C20H22N2O3/c1-15(2)22(16-8-4-3-5-9-16)19(23)12-13-21-17-10-6-7-11-18(17)25-14-20(21)24/h3-11,15H,12-14H2,1-2H3. The maximum Gasteiger partial charge on any atom is 0.265 e. The molecule has 0 aliphatic carbocycles. The zero-order valence-corrected chi connectivity index (χ0v) is 14.5. The predicted molar refractivity (Wildman–Crippen MR) is 98.0 cm³/mol. The number of carbonyl (C=O) groups is 2. The number of anilines is 2. The molecule has 25 heavy (non-hydrogen) atoms. The fourth-order valence-electron chi connectivity index (χ4n) is 3.05. The van der Waals surface area contributed by atoms with Gasteiger partial charge in [0.1, 0.15) is 5.75 Å². The van der Waals surface area contributed by atoms with E-state index in [0.29, 0.717) is 12.3 Å². The van der Waals surface area contributed by atoms with E-state index >= 15 is 0 Å². The van der Waals surface area contributed by atoms with Crippen LogP contribution in [0.4, 0.5) is 11.4 Å². The molecule has 0 spiro atoms. The Morgan fingerprint density at radius 1 is 1.12 bits per heavy atom. The first kappa shape index (κ1) is 17.0. The molecule has 2 amide bonds. The third kappa shape index (κ3) is 3.65. The van der Waals surface area contributed by atoms with E-state index in [4.69, 9.17) is 4.74 Å². The number of fused-ring (bicyclic) bond motifs is 1. The van der Waals surface area contributed by atoms with Crippen molar-refractivity contribution in [3.63, 3.8) is 0 Å². The second kappa shape index (κ2) is 7.38. The molecule has 1 aliphatic heterocycles. The van der Waals surface area contributed by atoms with Gasteiger partial charge in [-0.25, -0.2) is 0 Å². The van der Waals surface area contributed by atoms with Crippen molar-refractivity contribution >= 4 is 23.2 Å². The summed E-state index contributed by atoms with van der Waals surface area (Å²) in [7, 11) is 0. The first-order chi connectivity index (χ1) is 12.1. The van der Waals surface area contributed by atoms with Crippen LogP contribution in [0.15, 0.2) is 54.6 Å². The molecule has 0 saturated carbocycles. The summed E-state index contributed by atoms with van der Waals surface area (Å²) in [4.78, 5) is 28.4. The van der Waals surface area contributed by atoms with Crippen LogP contribution in [0.3, 0.4) is 0 Å². The normalized spacial score (nSPS) is 13.4. The van der Waals surface area contributed by atoms with Gasteiger partial charge in [-0.2, -0.15) is 0 Å². The molecule has 0 unspecified atom stereocenters. The maximum atomic E-state index is 12.8. The number of ether oxygens (including phenoxy) is 1. The summed E-state index contributed by atoms with van der Waals surface area (Å²) in [5.41, 5.74) is 1.60.